The van der Waals surface area contributed by atoms with Gasteiger partial charge in [0.1, 0.15) is 5.75 Å². The molecule has 6 nitrogen and oxygen atoms in total. The van der Waals surface area contributed by atoms with Crippen molar-refractivity contribution in [3.8, 4) is 5.75 Å². The lowest BCUT2D eigenvalue weighted by molar-refractivity contribution is -0.136. The molecule has 1 N–H and O–H groups in total. The molecule has 0 saturated carbocycles. The van der Waals surface area contributed by atoms with Crippen molar-refractivity contribution in [2.24, 2.45) is 0 Å². The molecular weight excluding hydrogens is 260 g/mol. The monoisotopic (exact) mass is 276 g/mol. The molecule has 0 fully saturated rings. The first-order valence-corrected chi connectivity index (χ1v) is 6.43. The van der Waals surface area contributed by atoms with E-state index in [2.05, 4.69) is 10.1 Å². The lowest BCUT2D eigenvalue weighted by Gasteiger charge is -2.08. The van der Waals surface area contributed by atoms with Crippen LogP contribution in [0.25, 0.3) is 0 Å². The number of nitrogens with zero attached hydrogens (tertiary/aromatic N) is 2. The van der Waals surface area contributed by atoms with Gasteiger partial charge >= 0.3 is 5.97 Å². The van der Waals surface area contributed by atoms with E-state index in [1.165, 1.54) is 0 Å². The van der Waals surface area contributed by atoms with Gasteiger partial charge in [-0.05, 0) is 12.5 Å². The Bertz CT molecular complexity index is 580. The number of carboxylic acid groups (broad SMARTS) is 1. The maximum absolute atomic E-state index is 10.8. The van der Waals surface area contributed by atoms with Gasteiger partial charge in [0.05, 0.1) is 6.42 Å². The highest BCUT2D eigenvalue weighted by molar-refractivity contribution is 5.71. The second kappa shape index (κ2) is 6.70. The number of benzene rings is 1. The molecule has 0 aliphatic rings. The fourth-order valence-corrected chi connectivity index (χ4v) is 1.76. The fraction of sp³-hybridized carbons (Fsp3) is 0.357. The third-order valence-corrected chi connectivity index (χ3v) is 2.65. The van der Waals surface area contributed by atoms with E-state index in [0.29, 0.717) is 23.0 Å². The quantitative estimate of drug-likeness (QED) is 0.834. The summed E-state index contributed by atoms with van der Waals surface area (Å²) < 4.78 is 10.6. The number of para-hydroxylation sites is 1. The van der Waals surface area contributed by atoms with Crippen LogP contribution in [0.4, 0.5) is 0 Å². The van der Waals surface area contributed by atoms with Crippen LogP contribution in [0.2, 0.25) is 0 Å². The molecule has 0 spiro atoms. The third-order valence-electron chi connectivity index (χ3n) is 2.65. The van der Waals surface area contributed by atoms with E-state index in [1.54, 1.807) is 24.3 Å². The smallest absolute Gasteiger partial charge is 0.307 e. The molecule has 1 aromatic carbocycles. The summed E-state index contributed by atoms with van der Waals surface area (Å²) in [6.07, 6.45) is 1.59. The molecule has 0 saturated heterocycles. The van der Waals surface area contributed by atoms with Gasteiger partial charge in [-0.2, -0.15) is 4.98 Å². The molecule has 1 aromatic heterocycles. The van der Waals surface area contributed by atoms with Crippen LogP contribution < -0.4 is 4.74 Å². The molecule has 0 aliphatic carbocycles. The van der Waals surface area contributed by atoms with Gasteiger partial charge in [0, 0.05) is 12.0 Å². The predicted molar refractivity (Wildman–Crippen MR) is 70.4 cm³/mol. The first kappa shape index (κ1) is 14.0. The number of aliphatic carboxylic acids is 1. The molecule has 6 heteroatoms. The zero-order valence-electron chi connectivity index (χ0n) is 11.2. The first-order valence-electron chi connectivity index (χ1n) is 6.43. The third kappa shape index (κ3) is 3.81. The highest BCUT2D eigenvalue weighted by Crippen LogP contribution is 2.19. The minimum atomic E-state index is -0.897. The minimum absolute atomic E-state index is 0.0799. The fourth-order valence-electron chi connectivity index (χ4n) is 1.76. The molecule has 1 heterocycles. The summed E-state index contributed by atoms with van der Waals surface area (Å²) in [6.45, 7) is 2.19. The van der Waals surface area contributed by atoms with Crippen molar-refractivity contribution in [3.63, 3.8) is 0 Å². The molecule has 0 radical (unpaired) electrons. The van der Waals surface area contributed by atoms with Crippen molar-refractivity contribution < 1.29 is 19.2 Å². The average Bonchev–Trinajstić information content (AvgIpc) is 2.85. The van der Waals surface area contributed by atoms with Crippen molar-refractivity contribution in [2.75, 3.05) is 0 Å². The van der Waals surface area contributed by atoms with E-state index in [4.69, 9.17) is 14.4 Å². The number of hydrogen-bond donors (Lipinski definition) is 1. The maximum Gasteiger partial charge on any atom is 0.307 e. The Labute approximate surface area is 116 Å². The first-order chi connectivity index (χ1) is 9.69. The zero-order valence-corrected chi connectivity index (χ0v) is 11.2. The van der Waals surface area contributed by atoms with Crippen LogP contribution in [0.15, 0.2) is 28.8 Å². The van der Waals surface area contributed by atoms with Crippen molar-refractivity contribution >= 4 is 5.97 Å². The van der Waals surface area contributed by atoms with Crippen molar-refractivity contribution in [1.82, 2.24) is 10.1 Å². The van der Waals surface area contributed by atoms with E-state index in [9.17, 15) is 4.79 Å². The van der Waals surface area contributed by atoms with Gasteiger partial charge in [0.2, 0.25) is 11.7 Å². The highest BCUT2D eigenvalue weighted by Gasteiger charge is 2.10. The summed E-state index contributed by atoms with van der Waals surface area (Å²) in [5, 5.41) is 12.7. The van der Waals surface area contributed by atoms with Crippen LogP contribution in [0.1, 0.15) is 30.6 Å². The Kier molecular flexibility index (Phi) is 4.70. The van der Waals surface area contributed by atoms with Crippen LogP contribution in [0.5, 0.6) is 5.75 Å². The van der Waals surface area contributed by atoms with Crippen molar-refractivity contribution in [3.05, 3.63) is 41.5 Å². The van der Waals surface area contributed by atoms with E-state index >= 15 is 0 Å². The van der Waals surface area contributed by atoms with Gasteiger partial charge in [-0.1, -0.05) is 30.3 Å². The molecule has 0 aliphatic heterocycles. The van der Waals surface area contributed by atoms with Crippen LogP contribution in [0, 0.1) is 0 Å². The Morgan fingerprint density at radius 1 is 1.40 bits per heavy atom. The Morgan fingerprint density at radius 2 is 2.20 bits per heavy atom. The van der Waals surface area contributed by atoms with Crippen LogP contribution in [-0.4, -0.2) is 21.2 Å². The number of carboxylic acids is 1. The number of rotatable bonds is 7. The van der Waals surface area contributed by atoms with E-state index in [-0.39, 0.29) is 13.0 Å². The summed E-state index contributed by atoms with van der Waals surface area (Å²) in [5.74, 6) is 0.672. The second-order valence-corrected chi connectivity index (χ2v) is 4.32. The van der Waals surface area contributed by atoms with E-state index in [0.717, 1.165) is 12.8 Å². The van der Waals surface area contributed by atoms with Crippen LogP contribution in [-0.2, 0) is 24.2 Å². The predicted octanol–water partition coefficient (Wildman–Crippen LogP) is 2.23. The second-order valence-electron chi connectivity index (χ2n) is 4.32. The van der Waals surface area contributed by atoms with Gasteiger partial charge in [-0.15, -0.1) is 0 Å². The molecule has 0 unspecified atom stereocenters. The van der Waals surface area contributed by atoms with Gasteiger partial charge in [-0.25, -0.2) is 0 Å². The standard InChI is InChI=1S/C14H16N2O4/c1-2-5-13-15-12(16-20-13)9-19-11-7-4-3-6-10(11)8-14(17)18/h3-4,6-7H,2,5,8-9H2,1H3,(H,17,18). The SMILES string of the molecule is CCCc1nc(COc2ccccc2CC(=O)O)no1. The van der Waals surface area contributed by atoms with Crippen LogP contribution in [0.3, 0.4) is 0 Å². The van der Waals surface area contributed by atoms with Crippen molar-refractivity contribution in [2.45, 2.75) is 32.8 Å². The number of aryl methyl sites for hydroxylation is 1. The van der Waals surface area contributed by atoms with E-state index in [1.807, 2.05) is 6.92 Å². The lowest BCUT2D eigenvalue weighted by Crippen LogP contribution is -2.04. The van der Waals surface area contributed by atoms with E-state index < -0.39 is 5.97 Å². The molecular formula is C14H16N2O4. The largest absolute Gasteiger partial charge is 0.485 e. The summed E-state index contributed by atoms with van der Waals surface area (Å²) in [4.78, 5) is 15.0. The summed E-state index contributed by atoms with van der Waals surface area (Å²) in [6, 6.07) is 7.02. The maximum atomic E-state index is 10.8. The molecule has 2 rings (SSSR count). The molecule has 0 amide bonds. The molecule has 2 aromatic rings. The molecule has 0 atom stereocenters. The lowest BCUT2D eigenvalue weighted by atomic mass is 10.1. The molecule has 0 bridgehead atoms. The Hall–Kier alpha value is -2.37. The van der Waals surface area contributed by atoms with Gasteiger partial charge in [-0.3, -0.25) is 4.79 Å². The molecule has 20 heavy (non-hydrogen) atoms. The highest BCUT2D eigenvalue weighted by atomic mass is 16.5. The average molecular weight is 276 g/mol. The van der Waals surface area contributed by atoms with Gasteiger partial charge in [0.25, 0.3) is 0 Å². The number of hydrogen-bond acceptors (Lipinski definition) is 5. The summed E-state index contributed by atoms with van der Waals surface area (Å²) >= 11 is 0. The number of ether oxygens (including phenoxy) is 1. The minimum Gasteiger partial charge on any atom is -0.485 e. The van der Waals surface area contributed by atoms with Gasteiger partial charge < -0.3 is 14.4 Å². The van der Waals surface area contributed by atoms with Crippen LogP contribution >= 0.6 is 0 Å². The summed E-state index contributed by atoms with van der Waals surface area (Å²) in [7, 11) is 0. The Morgan fingerprint density at radius 3 is 2.95 bits per heavy atom. The summed E-state index contributed by atoms with van der Waals surface area (Å²) in [5.41, 5.74) is 0.622. The molecule has 106 valence electrons. The number of carbonyl (C=O) groups is 1. The topological polar surface area (TPSA) is 85.5 Å². The zero-order chi connectivity index (χ0) is 14.4. The number of aromatic nitrogens is 2. The normalized spacial score (nSPS) is 10.4. The van der Waals surface area contributed by atoms with Gasteiger partial charge in [0.15, 0.2) is 6.61 Å². The van der Waals surface area contributed by atoms with Crippen molar-refractivity contribution in [1.29, 1.82) is 0 Å². The Balaban J connectivity index is 2.00.